The molecule has 0 spiro atoms. The van der Waals surface area contributed by atoms with Gasteiger partial charge in [-0.1, -0.05) is 94.4 Å². The molecule has 1 atom stereocenters. The second-order valence-electron chi connectivity index (χ2n) is 11.5. The first-order chi connectivity index (χ1) is 19.3. The second kappa shape index (κ2) is 13.8. The van der Waals surface area contributed by atoms with Crippen molar-refractivity contribution in [1.29, 1.82) is 0 Å². The van der Waals surface area contributed by atoms with Crippen molar-refractivity contribution in [3.8, 4) is 0 Å². The van der Waals surface area contributed by atoms with Gasteiger partial charge in [-0.15, -0.1) is 0 Å². The zero-order valence-electron chi connectivity index (χ0n) is 25.1. The fraction of sp³-hybridized carbons (Fsp3) is 0.394. The molecule has 3 aromatic rings. The third-order valence-corrected chi connectivity index (χ3v) is 8.26. The maximum absolute atomic E-state index is 14.2. The largest absolute Gasteiger partial charge is 0.354 e. The van der Waals surface area contributed by atoms with Crippen LogP contribution in [0.15, 0.2) is 78.9 Å². The van der Waals surface area contributed by atoms with E-state index in [0.717, 1.165) is 39.2 Å². The summed E-state index contributed by atoms with van der Waals surface area (Å²) in [6.07, 6.45) is 2.15. The summed E-state index contributed by atoms with van der Waals surface area (Å²) in [5, 5.41) is 2.96. The van der Waals surface area contributed by atoms with E-state index in [4.69, 9.17) is 0 Å². The Morgan fingerprint density at radius 2 is 1.51 bits per heavy atom. The second-order valence-corrected chi connectivity index (χ2v) is 13.4. The third kappa shape index (κ3) is 8.92. The topological polar surface area (TPSA) is 86.8 Å². The Hall–Kier alpha value is -3.65. The monoisotopic (exact) mass is 577 g/mol. The highest BCUT2D eigenvalue weighted by atomic mass is 32.2. The van der Waals surface area contributed by atoms with Crippen LogP contribution in [0.3, 0.4) is 0 Å². The number of nitrogens with zero attached hydrogens (tertiary/aromatic N) is 2. The Balaban J connectivity index is 2.04. The summed E-state index contributed by atoms with van der Waals surface area (Å²) in [6.45, 7) is 10.4. The summed E-state index contributed by atoms with van der Waals surface area (Å²) in [4.78, 5) is 29.3. The number of nitrogens with one attached hydrogen (secondary N) is 1. The molecule has 0 fully saturated rings. The lowest BCUT2D eigenvalue weighted by molar-refractivity contribution is -0.140. The standard InChI is InChI=1S/C33H43N3O4S/c1-7-21-34-32(38)30(22-26-14-9-8-10-15-26)35(23-27-16-12-11-13-25(27)2)31(37)24-36(41(6,39)40)29-19-17-28(18-20-29)33(3,4)5/h8-20,30H,7,21-24H2,1-6H3,(H,34,38)/t30-/m1/s1. The first kappa shape index (κ1) is 31.9. The Labute approximate surface area is 245 Å². The minimum absolute atomic E-state index is 0.106. The molecule has 0 saturated heterocycles. The van der Waals surface area contributed by atoms with Crippen LogP contribution in [0.4, 0.5) is 5.69 Å². The van der Waals surface area contributed by atoms with Gasteiger partial charge in [-0.25, -0.2) is 8.42 Å². The van der Waals surface area contributed by atoms with Gasteiger partial charge >= 0.3 is 0 Å². The van der Waals surface area contributed by atoms with Crippen LogP contribution in [0.2, 0.25) is 0 Å². The molecule has 0 unspecified atom stereocenters. The normalized spacial score (nSPS) is 12.4. The third-order valence-electron chi connectivity index (χ3n) is 7.12. The molecule has 3 rings (SSSR count). The van der Waals surface area contributed by atoms with E-state index in [9.17, 15) is 18.0 Å². The van der Waals surface area contributed by atoms with Crippen molar-refractivity contribution in [1.82, 2.24) is 10.2 Å². The molecule has 41 heavy (non-hydrogen) atoms. The maximum Gasteiger partial charge on any atom is 0.244 e. The van der Waals surface area contributed by atoms with Crippen LogP contribution >= 0.6 is 0 Å². The van der Waals surface area contributed by atoms with E-state index in [2.05, 4.69) is 26.1 Å². The molecule has 1 N–H and O–H groups in total. The molecule has 0 aliphatic rings. The predicted molar refractivity (Wildman–Crippen MR) is 166 cm³/mol. The molecular weight excluding hydrogens is 534 g/mol. The molecule has 3 aromatic carbocycles. The molecule has 0 bridgehead atoms. The van der Waals surface area contributed by atoms with E-state index in [1.54, 1.807) is 12.1 Å². The van der Waals surface area contributed by atoms with Crippen molar-refractivity contribution < 1.29 is 18.0 Å². The number of aryl methyl sites for hydroxylation is 1. The molecular formula is C33H43N3O4S. The number of anilines is 1. The smallest absolute Gasteiger partial charge is 0.244 e. The number of amides is 2. The molecule has 220 valence electrons. The molecule has 2 amide bonds. The van der Waals surface area contributed by atoms with Gasteiger partial charge in [0.05, 0.1) is 11.9 Å². The summed E-state index contributed by atoms with van der Waals surface area (Å²) in [5.41, 5.74) is 4.13. The number of carbonyl (C=O) groups is 2. The van der Waals surface area contributed by atoms with Crippen LogP contribution in [0.1, 0.15) is 56.4 Å². The molecule has 7 nitrogen and oxygen atoms in total. The van der Waals surface area contributed by atoms with Crippen molar-refractivity contribution in [3.63, 3.8) is 0 Å². The zero-order chi connectivity index (χ0) is 30.2. The van der Waals surface area contributed by atoms with E-state index in [1.165, 1.54) is 4.90 Å². The van der Waals surface area contributed by atoms with Crippen LogP contribution in [-0.4, -0.2) is 50.5 Å². The van der Waals surface area contributed by atoms with Crippen molar-refractivity contribution in [2.75, 3.05) is 23.7 Å². The predicted octanol–water partition coefficient (Wildman–Crippen LogP) is 5.22. The van der Waals surface area contributed by atoms with Crippen LogP contribution in [-0.2, 0) is 38.0 Å². The van der Waals surface area contributed by atoms with Gasteiger partial charge in [0.2, 0.25) is 21.8 Å². The first-order valence-electron chi connectivity index (χ1n) is 14.0. The minimum atomic E-state index is -3.81. The average Bonchev–Trinajstić information content (AvgIpc) is 2.92. The summed E-state index contributed by atoms with van der Waals surface area (Å²) in [7, 11) is -3.81. The summed E-state index contributed by atoms with van der Waals surface area (Å²) < 4.78 is 27.1. The van der Waals surface area contributed by atoms with Crippen molar-refractivity contribution in [2.45, 2.75) is 65.5 Å². The molecule has 8 heteroatoms. The highest BCUT2D eigenvalue weighted by Crippen LogP contribution is 2.26. The lowest BCUT2D eigenvalue weighted by Crippen LogP contribution is -2.53. The Morgan fingerprint density at radius 3 is 2.07 bits per heavy atom. The van der Waals surface area contributed by atoms with Crippen molar-refractivity contribution in [2.24, 2.45) is 0 Å². The number of hydrogen-bond donors (Lipinski definition) is 1. The van der Waals surface area contributed by atoms with Crippen LogP contribution in [0.25, 0.3) is 0 Å². The minimum Gasteiger partial charge on any atom is -0.354 e. The highest BCUT2D eigenvalue weighted by molar-refractivity contribution is 7.92. The van der Waals surface area contributed by atoms with E-state index in [1.807, 2.05) is 80.6 Å². The summed E-state index contributed by atoms with van der Waals surface area (Å²) in [6, 6.07) is 23.7. The van der Waals surface area contributed by atoms with Gasteiger partial charge in [0, 0.05) is 19.5 Å². The van der Waals surface area contributed by atoms with Crippen LogP contribution < -0.4 is 9.62 Å². The molecule has 0 heterocycles. The Kier molecular flexibility index (Phi) is 10.7. The number of rotatable bonds is 12. The molecule has 0 aromatic heterocycles. The molecule has 0 radical (unpaired) electrons. The summed E-state index contributed by atoms with van der Waals surface area (Å²) in [5.74, 6) is -0.718. The van der Waals surface area contributed by atoms with Gasteiger partial charge in [0.25, 0.3) is 0 Å². The lowest BCUT2D eigenvalue weighted by Gasteiger charge is -2.34. The Bertz CT molecular complexity index is 1410. The number of benzene rings is 3. The van der Waals surface area contributed by atoms with E-state index in [-0.39, 0.29) is 17.9 Å². The van der Waals surface area contributed by atoms with E-state index < -0.39 is 28.5 Å². The van der Waals surface area contributed by atoms with E-state index >= 15 is 0 Å². The lowest BCUT2D eigenvalue weighted by atomic mass is 9.87. The van der Waals surface area contributed by atoms with Crippen LogP contribution in [0, 0.1) is 6.92 Å². The fourth-order valence-electron chi connectivity index (χ4n) is 4.63. The van der Waals surface area contributed by atoms with E-state index in [0.29, 0.717) is 18.7 Å². The first-order valence-corrected chi connectivity index (χ1v) is 15.9. The van der Waals surface area contributed by atoms with Gasteiger partial charge in [0.1, 0.15) is 12.6 Å². The summed E-state index contributed by atoms with van der Waals surface area (Å²) >= 11 is 0. The van der Waals surface area contributed by atoms with Gasteiger partial charge < -0.3 is 10.2 Å². The van der Waals surface area contributed by atoms with Gasteiger partial charge in [-0.2, -0.15) is 0 Å². The highest BCUT2D eigenvalue weighted by Gasteiger charge is 2.33. The maximum atomic E-state index is 14.2. The number of sulfonamides is 1. The van der Waals surface area contributed by atoms with Gasteiger partial charge in [-0.05, 0) is 53.1 Å². The SMILES string of the molecule is CCCNC(=O)[C@@H](Cc1ccccc1)N(Cc1ccccc1C)C(=O)CN(c1ccc(C(C)(C)C)cc1)S(C)(=O)=O. The molecule has 0 aliphatic carbocycles. The number of carbonyl (C=O) groups excluding carboxylic acids is 2. The van der Waals surface area contributed by atoms with Gasteiger partial charge in [-0.3, -0.25) is 13.9 Å². The zero-order valence-corrected chi connectivity index (χ0v) is 25.9. The quantitative estimate of drug-likeness (QED) is 0.320. The van der Waals surface area contributed by atoms with Gasteiger partial charge in [0.15, 0.2) is 0 Å². The van der Waals surface area contributed by atoms with Crippen molar-refractivity contribution >= 4 is 27.5 Å². The molecule has 0 saturated carbocycles. The molecule has 0 aliphatic heterocycles. The average molecular weight is 578 g/mol. The fourth-order valence-corrected chi connectivity index (χ4v) is 5.48. The Morgan fingerprint density at radius 1 is 0.902 bits per heavy atom. The van der Waals surface area contributed by atoms with Crippen molar-refractivity contribution in [3.05, 3.63) is 101 Å². The van der Waals surface area contributed by atoms with Crippen LogP contribution in [0.5, 0.6) is 0 Å². The number of hydrogen-bond acceptors (Lipinski definition) is 4.